The second-order valence-electron chi connectivity index (χ2n) is 9.17. The second-order valence-corrected chi connectivity index (χ2v) is 9.17. The molecular weight excluding hydrogens is 452 g/mol. The van der Waals surface area contributed by atoms with E-state index in [2.05, 4.69) is 0 Å². The molecule has 2 aromatic carbocycles. The van der Waals surface area contributed by atoms with E-state index in [0.29, 0.717) is 49.1 Å². The second kappa shape index (κ2) is 12.8. The number of methoxy groups -OCH3 is 2. The summed E-state index contributed by atoms with van der Waals surface area (Å²) in [6.07, 6.45) is 9.31. The van der Waals surface area contributed by atoms with E-state index in [1.54, 1.807) is 14.2 Å². The van der Waals surface area contributed by atoms with Gasteiger partial charge in [-0.15, -0.1) is 0 Å². The highest BCUT2D eigenvalue weighted by Gasteiger charge is 2.23. The quantitative estimate of drug-likeness (QED) is 0.261. The monoisotopic (exact) mass is 488 g/mol. The maximum Gasteiger partial charge on any atom is 0.185 e. The summed E-state index contributed by atoms with van der Waals surface area (Å²) in [5.74, 6) is 2.72. The molecule has 0 spiro atoms. The van der Waals surface area contributed by atoms with Crippen LogP contribution in [0.2, 0.25) is 0 Å². The van der Waals surface area contributed by atoms with Crippen LogP contribution in [-0.4, -0.2) is 33.2 Å². The van der Waals surface area contributed by atoms with Crippen LogP contribution in [0.5, 0.6) is 23.0 Å². The Morgan fingerprint density at radius 3 is 1.47 bits per heavy atom. The first-order valence-corrected chi connectivity index (χ1v) is 12.1. The van der Waals surface area contributed by atoms with Gasteiger partial charge in [0, 0.05) is 11.1 Å². The van der Waals surface area contributed by atoms with Gasteiger partial charge in [0.2, 0.25) is 0 Å². The van der Waals surface area contributed by atoms with Gasteiger partial charge in [0.25, 0.3) is 0 Å². The Balaban J connectivity index is 1.75. The standard InChI is InChI=1S/C31H36O5/c1-21(2)13-15-35-27-11-7-23(19-29(27)33-5)17-25-9-10-26(31(25)32)18-24-8-12-28(30(20-24)34-6)36-16-14-22(3)4/h7-8,11-14,17-20H,9-10,15-16H2,1-6H3/b25-17+,26-18+. The van der Waals surface area contributed by atoms with Gasteiger partial charge in [0.1, 0.15) is 13.2 Å². The van der Waals surface area contributed by atoms with Crippen LogP contribution in [-0.2, 0) is 4.79 Å². The molecule has 1 saturated carbocycles. The summed E-state index contributed by atoms with van der Waals surface area (Å²) in [5, 5.41) is 0. The molecule has 1 fully saturated rings. The van der Waals surface area contributed by atoms with Gasteiger partial charge in [0.15, 0.2) is 28.8 Å². The minimum absolute atomic E-state index is 0.0701. The lowest BCUT2D eigenvalue weighted by Gasteiger charge is -2.10. The zero-order valence-electron chi connectivity index (χ0n) is 22.1. The summed E-state index contributed by atoms with van der Waals surface area (Å²) in [6.45, 7) is 9.10. The molecule has 0 aliphatic heterocycles. The van der Waals surface area contributed by atoms with Crippen LogP contribution >= 0.6 is 0 Å². The van der Waals surface area contributed by atoms with Crippen molar-refractivity contribution in [3.8, 4) is 23.0 Å². The zero-order valence-corrected chi connectivity index (χ0v) is 22.1. The lowest BCUT2D eigenvalue weighted by Crippen LogP contribution is -1.99. The Hall–Kier alpha value is -3.73. The van der Waals surface area contributed by atoms with E-state index in [0.717, 1.165) is 22.3 Å². The molecule has 190 valence electrons. The average molecular weight is 489 g/mol. The van der Waals surface area contributed by atoms with Crippen LogP contribution in [0.4, 0.5) is 0 Å². The number of benzene rings is 2. The fourth-order valence-corrected chi connectivity index (χ4v) is 3.76. The average Bonchev–Trinajstić information content (AvgIpc) is 3.18. The van der Waals surface area contributed by atoms with Crippen LogP contribution < -0.4 is 18.9 Å². The van der Waals surface area contributed by atoms with Crippen LogP contribution in [0.25, 0.3) is 12.2 Å². The molecule has 5 nitrogen and oxygen atoms in total. The van der Waals surface area contributed by atoms with Crippen molar-refractivity contribution in [3.63, 3.8) is 0 Å². The molecule has 0 atom stereocenters. The summed E-state index contributed by atoms with van der Waals surface area (Å²) in [6, 6.07) is 11.5. The normalized spacial score (nSPS) is 15.1. The van der Waals surface area contributed by atoms with Crippen LogP contribution in [0.15, 0.2) is 70.8 Å². The summed E-state index contributed by atoms with van der Waals surface area (Å²) in [5.41, 5.74) is 5.78. The number of Topliss-reactive ketones (excluding diaryl/α,β-unsaturated/α-hetero) is 1. The molecular formula is C31H36O5. The number of ether oxygens (including phenoxy) is 4. The number of rotatable bonds is 10. The Kier molecular flexibility index (Phi) is 9.57. The fourth-order valence-electron chi connectivity index (χ4n) is 3.76. The highest BCUT2D eigenvalue weighted by Crippen LogP contribution is 2.34. The molecule has 36 heavy (non-hydrogen) atoms. The first-order chi connectivity index (χ1) is 17.3. The highest BCUT2D eigenvalue weighted by atomic mass is 16.5. The van der Waals surface area contributed by atoms with E-state index >= 15 is 0 Å². The molecule has 0 bridgehead atoms. The molecule has 0 saturated heterocycles. The molecule has 0 heterocycles. The van der Waals surface area contributed by atoms with Gasteiger partial charge in [0.05, 0.1) is 14.2 Å². The van der Waals surface area contributed by atoms with Gasteiger partial charge >= 0.3 is 0 Å². The van der Waals surface area contributed by atoms with Crippen molar-refractivity contribution in [2.45, 2.75) is 40.5 Å². The largest absolute Gasteiger partial charge is 0.493 e. The first-order valence-electron chi connectivity index (χ1n) is 12.1. The molecule has 0 unspecified atom stereocenters. The summed E-state index contributed by atoms with van der Waals surface area (Å²) in [7, 11) is 3.24. The molecule has 5 heteroatoms. The highest BCUT2D eigenvalue weighted by molar-refractivity contribution is 6.15. The van der Waals surface area contributed by atoms with E-state index in [4.69, 9.17) is 18.9 Å². The lowest BCUT2D eigenvalue weighted by atomic mass is 10.1. The van der Waals surface area contributed by atoms with Crippen molar-refractivity contribution in [3.05, 3.63) is 82.0 Å². The minimum Gasteiger partial charge on any atom is -0.493 e. The van der Waals surface area contributed by atoms with Crippen molar-refractivity contribution >= 4 is 17.9 Å². The topological polar surface area (TPSA) is 54.0 Å². The van der Waals surface area contributed by atoms with Crippen LogP contribution in [0.3, 0.4) is 0 Å². The first kappa shape index (κ1) is 26.9. The van der Waals surface area contributed by atoms with Gasteiger partial charge in [-0.25, -0.2) is 0 Å². The van der Waals surface area contributed by atoms with E-state index < -0.39 is 0 Å². The number of allylic oxidation sites excluding steroid dienone is 4. The Morgan fingerprint density at radius 1 is 0.694 bits per heavy atom. The lowest BCUT2D eigenvalue weighted by molar-refractivity contribution is -0.111. The third kappa shape index (κ3) is 7.38. The van der Waals surface area contributed by atoms with E-state index in [9.17, 15) is 4.79 Å². The number of carbonyl (C=O) groups is 1. The van der Waals surface area contributed by atoms with Crippen molar-refractivity contribution in [2.75, 3.05) is 27.4 Å². The predicted molar refractivity (Wildman–Crippen MR) is 146 cm³/mol. The molecule has 0 radical (unpaired) electrons. The maximum absolute atomic E-state index is 13.1. The molecule has 2 aromatic rings. The fraction of sp³-hybridized carbons (Fsp3) is 0.323. The smallest absolute Gasteiger partial charge is 0.185 e. The van der Waals surface area contributed by atoms with E-state index in [1.165, 1.54) is 11.1 Å². The van der Waals surface area contributed by atoms with Crippen LogP contribution in [0, 0.1) is 0 Å². The Morgan fingerprint density at radius 2 is 1.11 bits per heavy atom. The van der Waals surface area contributed by atoms with Gasteiger partial charge in [-0.1, -0.05) is 23.3 Å². The molecule has 0 N–H and O–H groups in total. The van der Waals surface area contributed by atoms with Crippen LogP contribution in [0.1, 0.15) is 51.7 Å². The third-order valence-electron chi connectivity index (χ3n) is 5.76. The number of carbonyl (C=O) groups excluding carboxylic acids is 1. The predicted octanol–water partition coefficient (Wildman–Crippen LogP) is 7.22. The van der Waals surface area contributed by atoms with Crippen molar-refractivity contribution in [1.29, 1.82) is 0 Å². The maximum atomic E-state index is 13.1. The van der Waals surface area contributed by atoms with E-state index in [1.807, 2.05) is 88.4 Å². The number of hydrogen-bond acceptors (Lipinski definition) is 5. The molecule has 1 aliphatic carbocycles. The van der Waals surface area contributed by atoms with Gasteiger partial charge in [-0.2, -0.15) is 0 Å². The zero-order chi connectivity index (χ0) is 26.1. The van der Waals surface area contributed by atoms with Gasteiger partial charge in [-0.3, -0.25) is 4.79 Å². The van der Waals surface area contributed by atoms with Crippen molar-refractivity contribution in [1.82, 2.24) is 0 Å². The van der Waals surface area contributed by atoms with Crippen molar-refractivity contribution < 1.29 is 23.7 Å². The summed E-state index contributed by atoms with van der Waals surface area (Å²) in [4.78, 5) is 13.1. The Labute approximate surface area is 214 Å². The molecule has 0 amide bonds. The summed E-state index contributed by atoms with van der Waals surface area (Å²) >= 11 is 0. The van der Waals surface area contributed by atoms with Crippen molar-refractivity contribution in [2.24, 2.45) is 0 Å². The molecule has 3 rings (SSSR count). The molecule has 1 aliphatic rings. The minimum atomic E-state index is 0.0701. The van der Waals surface area contributed by atoms with Gasteiger partial charge in [-0.05, 0) is 100 Å². The van der Waals surface area contributed by atoms with E-state index in [-0.39, 0.29) is 5.78 Å². The third-order valence-corrected chi connectivity index (χ3v) is 5.76. The number of ketones is 1. The van der Waals surface area contributed by atoms with Gasteiger partial charge < -0.3 is 18.9 Å². The number of hydrogen-bond donors (Lipinski definition) is 0. The Bertz CT molecular complexity index is 1110. The molecule has 0 aromatic heterocycles. The SMILES string of the molecule is COc1cc(/C=C2\CC/C(=C\c3ccc(OCC=C(C)C)c(OC)c3)C2=O)ccc1OCC=C(C)C. The summed E-state index contributed by atoms with van der Waals surface area (Å²) < 4.78 is 22.6.